The van der Waals surface area contributed by atoms with Gasteiger partial charge in [0, 0.05) is 13.2 Å². The Labute approximate surface area is 113 Å². The molecule has 0 saturated carbocycles. The smallest absolute Gasteiger partial charge is 0.213 e. The van der Waals surface area contributed by atoms with E-state index in [2.05, 4.69) is 22.4 Å². The molecule has 0 aliphatic heterocycles. The van der Waals surface area contributed by atoms with Gasteiger partial charge >= 0.3 is 0 Å². The second kappa shape index (κ2) is 6.75. The topological polar surface area (TPSA) is 43.4 Å². The molecule has 1 atom stereocenters. The zero-order valence-electron chi connectivity index (χ0n) is 11.2. The van der Waals surface area contributed by atoms with Crippen LogP contribution in [0.15, 0.2) is 48.7 Å². The van der Waals surface area contributed by atoms with Crippen molar-refractivity contribution in [3.8, 4) is 5.88 Å². The number of anilines is 1. The van der Waals surface area contributed by atoms with Crippen LogP contribution in [0.2, 0.25) is 0 Å². The summed E-state index contributed by atoms with van der Waals surface area (Å²) in [5, 5.41) is 3.40. The molecule has 2 aromatic rings. The summed E-state index contributed by atoms with van der Waals surface area (Å²) in [6.45, 7) is 0.593. The molecule has 0 saturated heterocycles. The maximum absolute atomic E-state index is 5.27. The van der Waals surface area contributed by atoms with E-state index in [4.69, 9.17) is 9.47 Å². The van der Waals surface area contributed by atoms with Gasteiger partial charge in [0.1, 0.15) is 0 Å². The predicted molar refractivity (Wildman–Crippen MR) is 75.5 cm³/mol. The lowest BCUT2D eigenvalue weighted by Crippen LogP contribution is -2.16. The van der Waals surface area contributed by atoms with Gasteiger partial charge in [0.05, 0.1) is 31.6 Å². The molecular weight excluding hydrogens is 240 g/mol. The average molecular weight is 258 g/mol. The highest BCUT2D eigenvalue weighted by atomic mass is 16.5. The third kappa shape index (κ3) is 3.69. The number of benzene rings is 1. The Morgan fingerprint density at radius 3 is 2.47 bits per heavy atom. The number of aromatic nitrogens is 1. The lowest BCUT2D eigenvalue weighted by molar-refractivity contribution is 0.186. The summed E-state index contributed by atoms with van der Waals surface area (Å²) in [4.78, 5) is 4.18. The van der Waals surface area contributed by atoms with Gasteiger partial charge < -0.3 is 14.8 Å². The molecule has 0 bridgehead atoms. The van der Waals surface area contributed by atoms with Crippen LogP contribution in [0.3, 0.4) is 0 Å². The first-order chi connectivity index (χ1) is 9.33. The molecule has 1 aromatic carbocycles. The number of nitrogens with one attached hydrogen (secondary N) is 1. The van der Waals surface area contributed by atoms with Crippen molar-refractivity contribution in [2.75, 3.05) is 26.1 Å². The molecule has 1 unspecified atom stereocenters. The number of rotatable bonds is 6. The van der Waals surface area contributed by atoms with E-state index in [1.807, 2.05) is 30.3 Å². The van der Waals surface area contributed by atoms with Crippen molar-refractivity contribution in [2.24, 2.45) is 0 Å². The maximum Gasteiger partial charge on any atom is 0.213 e. The third-order valence-corrected chi connectivity index (χ3v) is 2.82. The van der Waals surface area contributed by atoms with Gasteiger partial charge in [-0.1, -0.05) is 30.3 Å². The van der Waals surface area contributed by atoms with Crippen molar-refractivity contribution in [1.29, 1.82) is 0 Å². The highest BCUT2D eigenvalue weighted by Gasteiger charge is 2.10. The first-order valence-electron chi connectivity index (χ1n) is 6.14. The van der Waals surface area contributed by atoms with E-state index in [1.54, 1.807) is 20.4 Å². The number of pyridine rings is 1. The highest BCUT2D eigenvalue weighted by molar-refractivity contribution is 5.44. The highest BCUT2D eigenvalue weighted by Crippen LogP contribution is 2.20. The van der Waals surface area contributed by atoms with Crippen molar-refractivity contribution in [3.63, 3.8) is 0 Å². The van der Waals surface area contributed by atoms with E-state index in [-0.39, 0.29) is 6.04 Å². The molecule has 0 aliphatic carbocycles. The summed E-state index contributed by atoms with van der Waals surface area (Å²) < 4.78 is 10.3. The number of nitrogens with zero attached hydrogens (tertiary/aromatic N) is 1. The summed E-state index contributed by atoms with van der Waals surface area (Å²) in [6.07, 6.45) is 1.75. The molecule has 4 nitrogen and oxygen atoms in total. The van der Waals surface area contributed by atoms with E-state index in [9.17, 15) is 0 Å². The zero-order valence-corrected chi connectivity index (χ0v) is 11.2. The molecule has 0 aliphatic rings. The Hall–Kier alpha value is -2.07. The fourth-order valence-electron chi connectivity index (χ4n) is 1.86. The molecule has 0 radical (unpaired) electrons. The Balaban J connectivity index is 2.11. The van der Waals surface area contributed by atoms with Crippen molar-refractivity contribution in [1.82, 2.24) is 4.98 Å². The Kier molecular flexibility index (Phi) is 4.75. The summed E-state index contributed by atoms with van der Waals surface area (Å²) in [5.74, 6) is 0.605. The predicted octanol–water partition coefficient (Wildman–Crippen LogP) is 2.89. The number of ether oxygens (including phenoxy) is 2. The summed E-state index contributed by atoms with van der Waals surface area (Å²) in [6, 6.07) is 14.1. The number of methoxy groups -OCH3 is 2. The van der Waals surface area contributed by atoms with Gasteiger partial charge in [-0.3, -0.25) is 0 Å². The van der Waals surface area contributed by atoms with Crippen LogP contribution in [-0.2, 0) is 4.74 Å². The molecule has 100 valence electrons. The van der Waals surface area contributed by atoms with Gasteiger partial charge in [0.25, 0.3) is 0 Å². The van der Waals surface area contributed by atoms with Gasteiger partial charge in [0.15, 0.2) is 0 Å². The van der Waals surface area contributed by atoms with Crippen LogP contribution in [0, 0.1) is 0 Å². The molecule has 1 N–H and O–H groups in total. The molecule has 4 heteroatoms. The molecule has 2 rings (SSSR count). The van der Waals surface area contributed by atoms with Crippen LogP contribution in [0.5, 0.6) is 5.88 Å². The minimum Gasteiger partial charge on any atom is -0.481 e. The van der Waals surface area contributed by atoms with Gasteiger partial charge in [-0.15, -0.1) is 0 Å². The van der Waals surface area contributed by atoms with E-state index < -0.39 is 0 Å². The molecule has 19 heavy (non-hydrogen) atoms. The lowest BCUT2D eigenvalue weighted by Gasteiger charge is -2.19. The quantitative estimate of drug-likeness (QED) is 0.865. The van der Waals surface area contributed by atoms with Crippen LogP contribution < -0.4 is 10.1 Å². The first kappa shape index (κ1) is 13.4. The van der Waals surface area contributed by atoms with Gasteiger partial charge in [-0.05, 0) is 11.6 Å². The number of hydrogen-bond donors (Lipinski definition) is 1. The zero-order chi connectivity index (χ0) is 13.5. The number of hydrogen-bond acceptors (Lipinski definition) is 4. The van der Waals surface area contributed by atoms with Crippen LogP contribution in [-0.4, -0.2) is 25.8 Å². The molecule has 0 spiro atoms. The van der Waals surface area contributed by atoms with E-state index in [0.717, 1.165) is 5.69 Å². The fourth-order valence-corrected chi connectivity index (χ4v) is 1.86. The summed E-state index contributed by atoms with van der Waals surface area (Å²) in [7, 11) is 3.30. The molecular formula is C15H18N2O2. The minimum atomic E-state index is 0.0985. The maximum atomic E-state index is 5.27. The largest absolute Gasteiger partial charge is 0.481 e. The van der Waals surface area contributed by atoms with Crippen molar-refractivity contribution < 1.29 is 9.47 Å². The average Bonchev–Trinajstić information content (AvgIpc) is 2.48. The minimum absolute atomic E-state index is 0.0985. The fraction of sp³-hybridized carbons (Fsp3) is 0.267. The van der Waals surface area contributed by atoms with Crippen LogP contribution >= 0.6 is 0 Å². The first-order valence-corrected chi connectivity index (χ1v) is 6.14. The molecule has 1 heterocycles. The van der Waals surface area contributed by atoms with Gasteiger partial charge in [0.2, 0.25) is 5.88 Å². The molecule has 0 fully saturated rings. The monoisotopic (exact) mass is 258 g/mol. The Morgan fingerprint density at radius 1 is 1.11 bits per heavy atom. The third-order valence-electron chi connectivity index (χ3n) is 2.82. The second-order valence-corrected chi connectivity index (χ2v) is 4.15. The standard InChI is InChI=1S/C15H18N2O2/c1-18-11-14(12-6-4-3-5-7-12)17-13-8-9-15(19-2)16-10-13/h3-10,14,17H,11H2,1-2H3. The molecule has 0 amide bonds. The summed E-state index contributed by atoms with van der Waals surface area (Å²) >= 11 is 0. The second-order valence-electron chi connectivity index (χ2n) is 4.15. The Morgan fingerprint density at radius 2 is 1.89 bits per heavy atom. The van der Waals surface area contributed by atoms with E-state index in [0.29, 0.717) is 12.5 Å². The van der Waals surface area contributed by atoms with Crippen molar-refractivity contribution in [2.45, 2.75) is 6.04 Å². The Bertz CT molecular complexity index is 485. The SMILES string of the molecule is COCC(Nc1ccc(OC)nc1)c1ccccc1. The lowest BCUT2D eigenvalue weighted by atomic mass is 10.1. The van der Waals surface area contributed by atoms with Crippen molar-refractivity contribution in [3.05, 3.63) is 54.2 Å². The van der Waals surface area contributed by atoms with Crippen LogP contribution in [0.4, 0.5) is 5.69 Å². The normalized spacial score (nSPS) is 11.9. The van der Waals surface area contributed by atoms with Crippen LogP contribution in [0.25, 0.3) is 0 Å². The van der Waals surface area contributed by atoms with Crippen LogP contribution in [0.1, 0.15) is 11.6 Å². The van der Waals surface area contributed by atoms with E-state index >= 15 is 0 Å². The van der Waals surface area contributed by atoms with Gasteiger partial charge in [-0.2, -0.15) is 0 Å². The summed E-state index contributed by atoms with van der Waals surface area (Å²) in [5.41, 5.74) is 2.12. The van der Waals surface area contributed by atoms with Crippen molar-refractivity contribution >= 4 is 5.69 Å². The van der Waals surface area contributed by atoms with E-state index in [1.165, 1.54) is 5.56 Å². The molecule has 1 aromatic heterocycles. The van der Waals surface area contributed by atoms with Gasteiger partial charge in [-0.25, -0.2) is 4.98 Å².